The van der Waals surface area contributed by atoms with Crippen LogP contribution in [0.3, 0.4) is 0 Å². The zero-order valence-corrected chi connectivity index (χ0v) is 7.58. The highest BCUT2D eigenvalue weighted by molar-refractivity contribution is 5.94. The van der Waals surface area contributed by atoms with Gasteiger partial charge in [-0.25, -0.2) is 4.99 Å². The van der Waals surface area contributed by atoms with Gasteiger partial charge >= 0.3 is 6.18 Å². The number of nitrogens with zero attached hydrogens (tertiary/aromatic N) is 2. The van der Waals surface area contributed by atoms with Crippen molar-refractivity contribution in [3.8, 4) is 0 Å². The van der Waals surface area contributed by atoms with Crippen molar-refractivity contribution in [1.82, 2.24) is 4.98 Å². The summed E-state index contributed by atoms with van der Waals surface area (Å²) in [4.78, 5) is 7.17. The summed E-state index contributed by atoms with van der Waals surface area (Å²) in [5.41, 5.74) is -0.618. The second-order valence-electron chi connectivity index (χ2n) is 2.96. The van der Waals surface area contributed by atoms with Gasteiger partial charge in [-0.2, -0.15) is 13.2 Å². The quantitative estimate of drug-likeness (QED) is 0.718. The van der Waals surface area contributed by atoms with Crippen LogP contribution in [0.5, 0.6) is 0 Å². The van der Waals surface area contributed by atoms with Gasteiger partial charge in [0.1, 0.15) is 12.3 Å². The largest absolute Gasteiger partial charge is 0.476 e. The average Bonchev–Trinajstić information content (AvgIpc) is 2.69. The molecule has 1 aliphatic rings. The standard InChI is InChI=1S/C9H7F3N2O/c10-9(11,12)7-5-6(1-2-13-7)8-14-3-4-15-8/h1-2,5H,3-4H2. The number of ether oxygens (including phenoxy) is 1. The highest BCUT2D eigenvalue weighted by Gasteiger charge is 2.33. The maximum atomic E-state index is 12.3. The molecule has 1 aromatic rings. The van der Waals surface area contributed by atoms with E-state index in [1.165, 1.54) is 6.07 Å². The van der Waals surface area contributed by atoms with Crippen molar-refractivity contribution >= 4 is 5.90 Å². The summed E-state index contributed by atoms with van der Waals surface area (Å²) in [6.45, 7) is 0.901. The average molecular weight is 216 g/mol. The van der Waals surface area contributed by atoms with E-state index in [2.05, 4.69) is 9.98 Å². The third kappa shape index (κ3) is 2.08. The van der Waals surface area contributed by atoms with Crippen LogP contribution in [0, 0.1) is 0 Å². The Kier molecular flexibility index (Phi) is 2.34. The predicted molar refractivity (Wildman–Crippen MR) is 46.6 cm³/mol. The predicted octanol–water partition coefficient (Wildman–Crippen LogP) is 1.88. The van der Waals surface area contributed by atoms with Gasteiger partial charge < -0.3 is 4.74 Å². The Hall–Kier alpha value is -1.59. The number of hydrogen-bond acceptors (Lipinski definition) is 3. The minimum atomic E-state index is -4.44. The molecule has 1 aromatic heterocycles. The smallest absolute Gasteiger partial charge is 0.433 e. The van der Waals surface area contributed by atoms with E-state index in [1.807, 2.05) is 0 Å². The van der Waals surface area contributed by atoms with Gasteiger partial charge in [-0.15, -0.1) is 0 Å². The second kappa shape index (κ2) is 3.52. The van der Waals surface area contributed by atoms with Crippen molar-refractivity contribution in [3.63, 3.8) is 0 Å². The van der Waals surface area contributed by atoms with Crippen molar-refractivity contribution in [2.45, 2.75) is 6.18 Å². The minimum Gasteiger partial charge on any atom is -0.476 e. The first-order valence-corrected chi connectivity index (χ1v) is 4.28. The van der Waals surface area contributed by atoms with Crippen LogP contribution < -0.4 is 0 Å². The van der Waals surface area contributed by atoms with Gasteiger partial charge in [-0.05, 0) is 12.1 Å². The van der Waals surface area contributed by atoms with E-state index in [0.717, 1.165) is 12.3 Å². The van der Waals surface area contributed by atoms with E-state index in [4.69, 9.17) is 4.74 Å². The number of hydrogen-bond donors (Lipinski definition) is 0. The molecule has 0 spiro atoms. The van der Waals surface area contributed by atoms with Crippen LogP contribution in [0.2, 0.25) is 0 Å². The molecule has 0 saturated heterocycles. The third-order valence-corrected chi connectivity index (χ3v) is 1.88. The summed E-state index contributed by atoms with van der Waals surface area (Å²) >= 11 is 0. The molecule has 0 N–H and O–H groups in total. The fraction of sp³-hybridized carbons (Fsp3) is 0.333. The maximum absolute atomic E-state index is 12.3. The molecule has 80 valence electrons. The van der Waals surface area contributed by atoms with Crippen molar-refractivity contribution in [2.75, 3.05) is 13.2 Å². The van der Waals surface area contributed by atoms with Crippen LogP contribution in [-0.4, -0.2) is 24.0 Å². The molecule has 2 rings (SSSR count). The van der Waals surface area contributed by atoms with Gasteiger partial charge in [0, 0.05) is 11.8 Å². The molecule has 6 heteroatoms. The number of aliphatic imine (C=N–C) groups is 1. The molecular formula is C9H7F3N2O. The van der Waals surface area contributed by atoms with Crippen LogP contribution in [0.1, 0.15) is 11.3 Å². The number of alkyl halides is 3. The van der Waals surface area contributed by atoms with Gasteiger partial charge in [0.05, 0.1) is 6.54 Å². The lowest BCUT2D eigenvalue weighted by molar-refractivity contribution is -0.141. The summed E-state index contributed by atoms with van der Waals surface area (Å²) in [7, 11) is 0. The lowest BCUT2D eigenvalue weighted by atomic mass is 10.2. The van der Waals surface area contributed by atoms with Crippen molar-refractivity contribution < 1.29 is 17.9 Å². The van der Waals surface area contributed by atoms with E-state index < -0.39 is 11.9 Å². The molecule has 0 fully saturated rings. The summed E-state index contributed by atoms with van der Waals surface area (Å²) in [6, 6.07) is 2.38. The van der Waals surface area contributed by atoms with Crippen LogP contribution in [-0.2, 0) is 10.9 Å². The Morgan fingerprint density at radius 1 is 1.33 bits per heavy atom. The van der Waals surface area contributed by atoms with Crippen molar-refractivity contribution in [1.29, 1.82) is 0 Å². The monoisotopic (exact) mass is 216 g/mol. The lowest BCUT2D eigenvalue weighted by Gasteiger charge is -2.07. The Bertz CT molecular complexity index is 401. The third-order valence-electron chi connectivity index (χ3n) is 1.88. The van der Waals surface area contributed by atoms with E-state index in [9.17, 15) is 13.2 Å². The Balaban J connectivity index is 2.34. The highest BCUT2D eigenvalue weighted by atomic mass is 19.4. The van der Waals surface area contributed by atoms with E-state index in [-0.39, 0.29) is 5.90 Å². The fourth-order valence-corrected chi connectivity index (χ4v) is 1.23. The molecular weight excluding hydrogens is 209 g/mol. The van der Waals surface area contributed by atoms with Gasteiger partial charge in [-0.3, -0.25) is 4.98 Å². The molecule has 2 heterocycles. The van der Waals surface area contributed by atoms with Crippen molar-refractivity contribution in [2.24, 2.45) is 4.99 Å². The Labute approximate surface area is 83.6 Å². The first kappa shape index (κ1) is 9.95. The van der Waals surface area contributed by atoms with Gasteiger partial charge in [-0.1, -0.05) is 0 Å². The molecule has 0 radical (unpaired) electrons. The first-order chi connectivity index (χ1) is 7.07. The van der Waals surface area contributed by atoms with Crippen LogP contribution >= 0.6 is 0 Å². The summed E-state index contributed by atoms with van der Waals surface area (Å²) < 4.78 is 42.0. The molecule has 0 amide bonds. The molecule has 15 heavy (non-hydrogen) atoms. The van der Waals surface area contributed by atoms with E-state index in [1.54, 1.807) is 0 Å². The molecule has 0 atom stereocenters. The van der Waals surface area contributed by atoms with Gasteiger partial charge in [0.2, 0.25) is 5.90 Å². The zero-order valence-electron chi connectivity index (χ0n) is 7.58. The lowest BCUT2D eigenvalue weighted by Crippen LogP contribution is -2.10. The summed E-state index contributed by atoms with van der Waals surface area (Å²) in [6.07, 6.45) is -3.34. The molecule has 0 aromatic carbocycles. The van der Waals surface area contributed by atoms with Crippen molar-refractivity contribution in [3.05, 3.63) is 29.6 Å². The topological polar surface area (TPSA) is 34.5 Å². The SMILES string of the molecule is FC(F)(F)c1cc(C2=NCCO2)ccn1. The summed E-state index contributed by atoms with van der Waals surface area (Å²) in [5.74, 6) is 0.253. The van der Waals surface area contributed by atoms with E-state index >= 15 is 0 Å². The van der Waals surface area contributed by atoms with Gasteiger partial charge in [0.25, 0.3) is 0 Å². The van der Waals surface area contributed by atoms with Crippen LogP contribution in [0.15, 0.2) is 23.3 Å². The highest BCUT2D eigenvalue weighted by Crippen LogP contribution is 2.28. The molecule has 0 unspecified atom stereocenters. The molecule has 0 aliphatic carbocycles. The van der Waals surface area contributed by atoms with Crippen LogP contribution in [0.4, 0.5) is 13.2 Å². The molecule has 0 saturated carbocycles. The Morgan fingerprint density at radius 3 is 2.73 bits per heavy atom. The maximum Gasteiger partial charge on any atom is 0.433 e. The minimum absolute atomic E-state index is 0.253. The van der Waals surface area contributed by atoms with E-state index in [0.29, 0.717) is 18.7 Å². The molecule has 3 nitrogen and oxygen atoms in total. The van der Waals surface area contributed by atoms with Gasteiger partial charge in [0.15, 0.2) is 0 Å². The zero-order chi connectivity index (χ0) is 10.9. The number of pyridine rings is 1. The molecule has 1 aliphatic heterocycles. The normalized spacial score (nSPS) is 16.1. The van der Waals surface area contributed by atoms with Crippen LogP contribution in [0.25, 0.3) is 0 Å². The first-order valence-electron chi connectivity index (χ1n) is 4.28. The second-order valence-corrected chi connectivity index (χ2v) is 2.96. The fourth-order valence-electron chi connectivity index (χ4n) is 1.23. The molecule has 0 bridgehead atoms. The number of rotatable bonds is 1. The Morgan fingerprint density at radius 2 is 2.13 bits per heavy atom. The number of aromatic nitrogens is 1. The number of halogens is 3. The summed E-state index contributed by atoms with van der Waals surface area (Å²) in [5, 5.41) is 0.